The SMILES string of the molecule is CCOC(=O)c1nn(Cc2ccccn2)c2c1CN(C(=O)Cc1c[nH]c3ccccc13)CC2. The lowest BCUT2D eigenvalue weighted by molar-refractivity contribution is -0.131. The summed E-state index contributed by atoms with van der Waals surface area (Å²) in [5.41, 5.74) is 4.85. The molecule has 0 saturated heterocycles. The number of amides is 1. The fourth-order valence-corrected chi connectivity index (χ4v) is 4.40. The second-order valence-corrected chi connectivity index (χ2v) is 8.07. The minimum Gasteiger partial charge on any atom is -0.461 e. The normalized spacial score (nSPS) is 13.2. The highest BCUT2D eigenvalue weighted by Gasteiger charge is 2.31. The lowest BCUT2D eigenvalue weighted by Crippen LogP contribution is -2.37. The smallest absolute Gasteiger partial charge is 0.359 e. The van der Waals surface area contributed by atoms with E-state index in [-0.39, 0.29) is 18.2 Å². The van der Waals surface area contributed by atoms with Gasteiger partial charge in [0.25, 0.3) is 0 Å². The molecule has 0 fully saturated rings. The van der Waals surface area contributed by atoms with Gasteiger partial charge in [0.2, 0.25) is 5.91 Å². The molecule has 1 aliphatic rings. The van der Waals surface area contributed by atoms with Crippen LogP contribution in [0.5, 0.6) is 0 Å². The van der Waals surface area contributed by atoms with Crippen molar-refractivity contribution >= 4 is 22.8 Å². The Balaban J connectivity index is 1.40. The standard InChI is InChI=1S/C25H25N5O3/c1-2-33-25(32)24-20-16-29(23(31)13-17-14-27-21-9-4-3-8-19(17)21)12-10-22(20)30(28-24)15-18-7-5-6-11-26-18/h3-9,11,14,27H,2,10,12-13,15-16H2,1H3. The number of aromatic amines is 1. The van der Waals surface area contributed by atoms with Crippen molar-refractivity contribution in [1.29, 1.82) is 0 Å². The van der Waals surface area contributed by atoms with Gasteiger partial charge in [-0.15, -0.1) is 0 Å². The highest BCUT2D eigenvalue weighted by Crippen LogP contribution is 2.26. The number of benzene rings is 1. The number of nitrogens with one attached hydrogen (secondary N) is 1. The molecule has 0 atom stereocenters. The van der Waals surface area contributed by atoms with E-state index in [1.807, 2.05) is 53.3 Å². The van der Waals surface area contributed by atoms with Crippen LogP contribution in [0.3, 0.4) is 0 Å². The van der Waals surface area contributed by atoms with Gasteiger partial charge in [0.1, 0.15) is 0 Å². The maximum Gasteiger partial charge on any atom is 0.359 e. The number of esters is 1. The van der Waals surface area contributed by atoms with Gasteiger partial charge in [-0.05, 0) is 30.7 Å². The van der Waals surface area contributed by atoms with E-state index in [9.17, 15) is 9.59 Å². The summed E-state index contributed by atoms with van der Waals surface area (Å²) in [7, 11) is 0. The fraction of sp³-hybridized carbons (Fsp3) is 0.280. The Bertz CT molecular complexity index is 1310. The molecule has 1 N–H and O–H groups in total. The molecule has 4 aromatic rings. The van der Waals surface area contributed by atoms with Crippen molar-refractivity contribution in [1.82, 2.24) is 24.6 Å². The number of ether oxygens (including phenoxy) is 1. The van der Waals surface area contributed by atoms with E-state index in [1.165, 1.54) is 0 Å². The van der Waals surface area contributed by atoms with E-state index in [2.05, 4.69) is 15.1 Å². The summed E-state index contributed by atoms with van der Waals surface area (Å²) in [5, 5.41) is 5.63. The third-order valence-electron chi connectivity index (χ3n) is 6.01. The number of hydrogen-bond donors (Lipinski definition) is 1. The van der Waals surface area contributed by atoms with Crippen LogP contribution in [0.4, 0.5) is 0 Å². The molecule has 33 heavy (non-hydrogen) atoms. The molecule has 3 aromatic heterocycles. The van der Waals surface area contributed by atoms with Crippen LogP contribution in [0.15, 0.2) is 54.9 Å². The molecule has 0 aliphatic carbocycles. The fourth-order valence-electron chi connectivity index (χ4n) is 4.40. The average Bonchev–Trinajstić information content (AvgIpc) is 3.41. The third-order valence-corrected chi connectivity index (χ3v) is 6.01. The molecular formula is C25H25N5O3. The van der Waals surface area contributed by atoms with Crippen LogP contribution < -0.4 is 0 Å². The largest absolute Gasteiger partial charge is 0.461 e. The van der Waals surface area contributed by atoms with Crippen LogP contribution >= 0.6 is 0 Å². The zero-order valence-corrected chi connectivity index (χ0v) is 18.5. The molecule has 0 saturated carbocycles. The van der Waals surface area contributed by atoms with Crippen LogP contribution in [0.1, 0.15) is 39.9 Å². The number of carbonyl (C=O) groups is 2. The first-order valence-electron chi connectivity index (χ1n) is 11.1. The first-order chi connectivity index (χ1) is 16.1. The number of nitrogens with zero attached hydrogens (tertiary/aromatic N) is 4. The number of para-hydroxylation sites is 1. The maximum atomic E-state index is 13.2. The number of fused-ring (bicyclic) bond motifs is 2. The molecule has 0 spiro atoms. The van der Waals surface area contributed by atoms with Crippen molar-refractivity contribution in [2.45, 2.75) is 32.9 Å². The summed E-state index contributed by atoms with van der Waals surface area (Å²) in [6, 6.07) is 13.7. The van der Waals surface area contributed by atoms with E-state index in [0.29, 0.717) is 32.5 Å². The molecule has 8 heteroatoms. The van der Waals surface area contributed by atoms with Crippen LogP contribution in [0.25, 0.3) is 10.9 Å². The van der Waals surface area contributed by atoms with Gasteiger partial charge in [-0.1, -0.05) is 24.3 Å². The summed E-state index contributed by atoms with van der Waals surface area (Å²) in [5.74, 6) is -0.433. The Kier molecular flexibility index (Phi) is 5.64. The maximum absolute atomic E-state index is 13.2. The van der Waals surface area contributed by atoms with E-state index < -0.39 is 5.97 Å². The number of hydrogen-bond acceptors (Lipinski definition) is 5. The molecule has 0 unspecified atom stereocenters. The molecule has 1 aliphatic heterocycles. The minimum atomic E-state index is -0.459. The van der Waals surface area contributed by atoms with Crippen LogP contribution in [-0.2, 0) is 35.5 Å². The van der Waals surface area contributed by atoms with Gasteiger partial charge in [-0.3, -0.25) is 14.5 Å². The van der Waals surface area contributed by atoms with Crippen molar-refractivity contribution < 1.29 is 14.3 Å². The Morgan fingerprint density at radius 3 is 2.82 bits per heavy atom. The van der Waals surface area contributed by atoms with Crippen LogP contribution in [0, 0.1) is 0 Å². The van der Waals surface area contributed by atoms with Crippen LogP contribution in [-0.4, -0.2) is 49.7 Å². The van der Waals surface area contributed by atoms with E-state index in [4.69, 9.17) is 4.74 Å². The van der Waals surface area contributed by atoms with Crippen molar-refractivity contribution in [3.63, 3.8) is 0 Å². The highest BCUT2D eigenvalue weighted by atomic mass is 16.5. The number of H-pyrrole nitrogens is 1. The topological polar surface area (TPSA) is 93.1 Å². The lowest BCUT2D eigenvalue weighted by atomic mass is 10.0. The van der Waals surface area contributed by atoms with Gasteiger partial charge in [0.05, 0.1) is 25.3 Å². The monoisotopic (exact) mass is 443 g/mol. The van der Waals surface area contributed by atoms with E-state index in [0.717, 1.165) is 33.4 Å². The lowest BCUT2D eigenvalue weighted by Gasteiger charge is -2.28. The summed E-state index contributed by atoms with van der Waals surface area (Å²) >= 11 is 0. The molecular weight excluding hydrogens is 418 g/mol. The number of rotatable bonds is 6. The van der Waals surface area contributed by atoms with Gasteiger partial charge in [0.15, 0.2) is 5.69 Å². The Labute approximate surface area is 191 Å². The number of pyridine rings is 1. The Hall–Kier alpha value is -3.94. The van der Waals surface area contributed by atoms with Gasteiger partial charge in [-0.25, -0.2) is 4.79 Å². The average molecular weight is 444 g/mol. The van der Waals surface area contributed by atoms with E-state index in [1.54, 1.807) is 18.0 Å². The molecule has 0 bridgehead atoms. The quantitative estimate of drug-likeness (QED) is 0.462. The summed E-state index contributed by atoms with van der Waals surface area (Å²) in [4.78, 5) is 35.2. The Morgan fingerprint density at radius 1 is 1.15 bits per heavy atom. The van der Waals surface area contributed by atoms with Gasteiger partial charge in [-0.2, -0.15) is 5.10 Å². The minimum absolute atomic E-state index is 0.0256. The zero-order chi connectivity index (χ0) is 22.8. The van der Waals surface area contributed by atoms with Crippen molar-refractivity contribution in [2.75, 3.05) is 13.2 Å². The number of carbonyl (C=O) groups excluding carboxylic acids is 2. The van der Waals surface area contributed by atoms with Crippen molar-refractivity contribution in [3.8, 4) is 0 Å². The third kappa shape index (κ3) is 4.11. The second-order valence-electron chi connectivity index (χ2n) is 8.07. The molecule has 0 radical (unpaired) electrons. The summed E-state index contributed by atoms with van der Waals surface area (Å²) in [6.45, 7) is 3.42. The molecule has 1 amide bonds. The molecule has 5 rings (SSSR count). The molecule has 4 heterocycles. The summed E-state index contributed by atoms with van der Waals surface area (Å²) < 4.78 is 7.07. The van der Waals surface area contributed by atoms with Gasteiger partial charge < -0.3 is 14.6 Å². The zero-order valence-electron chi connectivity index (χ0n) is 18.5. The van der Waals surface area contributed by atoms with Crippen LogP contribution in [0.2, 0.25) is 0 Å². The number of aromatic nitrogens is 4. The first-order valence-corrected chi connectivity index (χ1v) is 11.1. The van der Waals surface area contributed by atoms with Gasteiger partial charge >= 0.3 is 5.97 Å². The van der Waals surface area contributed by atoms with Crippen molar-refractivity contribution in [3.05, 3.63) is 83.1 Å². The summed E-state index contributed by atoms with van der Waals surface area (Å²) in [6.07, 6.45) is 4.56. The second kappa shape index (κ2) is 8.90. The predicted molar refractivity (Wildman–Crippen MR) is 123 cm³/mol. The van der Waals surface area contributed by atoms with E-state index >= 15 is 0 Å². The molecule has 168 valence electrons. The van der Waals surface area contributed by atoms with Crippen molar-refractivity contribution in [2.24, 2.45) is 0 Å². The highest BCUT2D eigenvalue weighted by molar-refractivity contribution is 5.91. The van der Waals surface area contributed by atoms with Gasteiger partial charge in [0, 0.05) is 54.1 Å². The predicted octanol–water partition coefficient (Wildman–Crippen LogP) is 3.11. The Morgan fingerprint density at radius 2 is 2.00 bits per heavy atom. The molecule has 1 aromatic carbocycles. The first kappa shape index (κ1) is 20.9. The molecule has 8 nitrogen and oxygen atoms in total.